The lowest BCUT2D eigenvalue weighted by atomic mass is 10.3. The second-order valence-corrected chi connectivity index (χ2v) is 4.09. The number of amides is 1. The van der Waals surface area contributed by atoms with Gasteiger partial charge in [0.05, 0.1) is 12.3 Å². The molecular weight excluding hydrogens is 258 g/mol. The molecule has 0 aliphatic rings. The monoisotopic (exact) mass is 271 g/mol. The third-order valence-electron chi connectivity index (χ3n) is 1.92. The first kappa shape index (κ1) is 12.0. The molecule has 0 spiro atoms. The maximum Gasteiger partial charge on any atom is 0.213 e. The predicted octanol–water partition coefficient (Wildman–Crippen LogP) is 2.83. The number of nitrogens with zero attached hydrogens (tertiary/aromatic N) is 1. The highest BCUT2D eigenvalue weighted by Crippen LogP contribution is 2.30. The van der Waals surface area contributed by atoms with Gasteiger partial charge in [-0.3, -0.25) is 4.79 Å². The van der Waals surface area contributed by atoms with Crippen molar-refractivity contribution < 1.29 is 9.53 Å². The third kappa shape index (κ3) is 3.23. The van der Waals surface area contributed by atoms with E-state index in [1.54, 1.807) is 7.05 Å². The molecule has 0 unspecified atom stereocenters. The van der Waals surface area contributed by atoms with E-state index in [9.17, 15) is 4.79 Å². The van der Waals surface area contributed by atoms with Crippen molar-refractivity contribution in [2.75, 3.05) is 18.6 Å². The largest absolute Gasteiger partial charge is 0.491 e. The molecule has 4 heteroatoms. The first-order valence-electron chi connectivity index (χ1n) is 4.79. The first-order valence-corrected chi connectivity index (χ1v) is 5.58. The van der Waals surface area contributed by atoms with Crippen molar-refractivity contribution in [3.8, 4) is 5.75 Å². The molecule has 0 heterocycles. The summed E-state index contributed by atoms with van der Waals surface area (Å²) < 4.78 is 6.47. The summed E-state index contributed by atoms with van der Waals surface area (Å²) in [7, 11) is 1.70. The zero-order chi connectivity index (χ0) is 11.3. The van der Waals surface area contributed by atoms with E-state index in [0.29, 0.717) is 6.61 Å². The molecule has 0 saturated carbocycles. The summed E-state index contributed by atoms with van der Waals surface area (Å²) in [6.07, 6.45) is 1.71. The Morgan fingerprint density at radius 1 is 1.53 bits per heavy atom. The van der Waals surface area contributed by atoms with Gasteiger partial charge in [-0.15, -0.1) is 0 Å². The average molecular weight is 272 g/mol. The van der Waals surface area contributed by atoms with Gasteiger partial charge in [0.15, 0.2) is 0 Å². The van der Waals surface area contributed by atoms with Gasteiger partial charge in [-0.1, -0.05) is 22.9 Å². The Bertz CT molecular complexity index is 341. The van der Waals surface area contributed by atoms with Crippen LogP contribution in [0.1, 0.15) is 13.3 Å². The van der Waals surface area contributed by atoms with Crippen molar-refractivity contribution in [3.63, 3.8) is 0 Å². The van der Waals surface area contributed by atoms with Crippen LogP contribution in [0.3, 0.4) is 0 Å². The van der Waals surface area contributed by atoms with Crippen LogP contribution in [0.2, 0.25) is 0 Å². The zero-order valence-corrected chi connectivity index (χ0v) is 10.5. The Balaban J connectivity index is 2.97. The van der Waals surface area contributed by atoms with Gasteiger partial charge in [0, 0.05) is 11.5 Å². The van der Waals surface area contributed by atoms with Gasteiger partial charge in [-0.25, -0.2) is 0 Å². The summed E-state index contributed by atoms with van der Waals surface area (Å²) in [4.78, 5) is 12.2. The van der Waals surface area contributed by atoms with Gasteiger partial charge in [0.2, 0.25) is 6.41 Å². The third-order valence-corrected chi connectivity index (χ3v) is 2.41. The molecule has 1 rings (SSSR count). The number of benzene rings is 1. The predicted molar refractivity (Wildman–Crippen MR) is 64.4 cm³/mol. The normalized spacial score (nSPS) is 9.80. The number of carbonyl (C=O) groups is 1. The number of hydrogen-bond acceptors (Lipinski definition) is 2. The Hall–Kier alpha value is -1.03. The summed E-state index contributed by atoms with van der Waals surface area (Å²) in [5.74, 6) is 0.731. The minimum Gasteiger partial charge on any atom is -0.491 e. The fraction of sp³-hybridized carbons (Fsp3) is 0.364. The van der Waals surface area contributed by atoms with Crippen LogP contribution in [0.25, 0.3) is 0 Å². The Labute approximate surface area is 98.2 Å². The van der Waals surface area contributed by atoms with Crippen LogP contribution in [0.5, 0.6) is 5.75 Å². The summed E-state index contributed by atoms with van der Waals surface area (Å²) in [5.41, 5.74) is 0.771. The lowest BCUT2D eigenvalue weighted by Crippen LogP contribution is -2.15. The number of rotatable bonds is 5. The maximum atomic E-state index is 10.7. The van der Waals surface area contributed by atoms with Gasteiger partial charge in [0.25, 0.3) is 0 Å². The smallest absolute Gasteiger partial charge is 0.213 e. The van der Waals surface area contributed by atoms with Crippen LogP contribution in [-0.4, -0.2) is 20.1 Å². The molecule has 0 aliphatic carbocycles. The molecule has 82 valence electrons. The van der Waals surface area contributed by atoms with E-state index in [2.05, 4.69) is 15.9 Å². The minimum atomic E-state index is 0.654. The standard InChI is InChI=1S/C11H14BrNO2/c1-3-6-15-11-5-4-9(12)7-10(11)13(2)8-14/h4-5,7-8H,3,6H2,1-2H3. The molecule has 1 aromatic rings. The van der Waals surface area contributed by atoms with E-state index >= 15 is 0 Å². The van der Waals surface area contributed by atoms with Crippen LogP contribution in [0.15, 0.2) is 22.7 Å². The molecule has 1 amide bonds. The summed E-state index contributed by atoms with van der Waals surface area (Å²) in [6, 6.07) is 5.61. The van der Waals surface area contributed by atoms with Crippen LogP contribution in [0.4, 0.5) is 5.69 Å². The highest BCUT2D eigenvalue weighted by atomic mass is 79.9. The molecule has 0 atom stereocenters. The molecule has 0 aromatic heterocycles. The van der Waals surface area contributed by atoms with Crippen molar-refractivity contribution in [1.29, 1.82) is 0 Å². The fourth-order valence-electron chi connectivity index (χ4n) is 1.16. The SMILES string of the molecule is CCCOc1ccc(Br)cc1N(C)C=O. The Kier molecular flexibility index (Phi) is 4.62. The quantitative estimate of drug-likeness (QED) is 0.771. The number of halogens is 1. The lowest BCUT2D eigenvalue weighted by Gasteiger charge is -2.16. The van der Waals surface area contributed by atoms with Crippen molar-refractivity contribution in [1.82, 2.24) is 0 Å². The lowest BCUT2D eigenvalue weighted by molar-refractivity contribution is -0.107. The number of hydrogen-bond donors (Lipinski definition) is 0. The summed E-state index contributed by atoms with van der Waals surface area (Å²) >= 11 is 3.36. The van der Waals surface area contributed by atoms with E-state index in [0.717, 1.165) is 28.7 Å². The van der Waals surface area contributed by atoms with Crippen molar-refractivity contribution in [2.45, 2.75) is 13.3 Å². The number of anilines is 1. The average Bonchev–Trinajstić information content (AvgIpc) is 2.26. The number of ether oxygens (including phenoxy) is 1. The first-order chi connectivity index (χ1) is 7.19. The molecule has 0 aliphatic heterocycles. The van der Waals surface area contributed by atoms with Crippen molar-refractivity contribution in [3.05, 3.63) is 22.7 Å². The molecule has 0 fully saturated rings. The molecule has 0 radical (unpaired) electrons. The minimum absolute atomic E-state index is 0.654. The highest BCUT2D eigenvalue weighted by molar-refractivity contribution is 9.10. The Morgan fingerprint density at radius 2 is 2.27 bits per heavy atom. The fourth-order valence-corrected chi connectivity index (χ4v) is 1.51. The molecule has 3 nitrogen and oxygen atoms in total. The zero-order valence-electron chi connectivity index (χ0n) is 8.87. The van der Waals surface area contributed by atoms with Gasteiger partial charge < -0.3 is 9.64 Å². The second kappa shape index (κ2) is 5.75. The molecule has 15 heavy (non-hydrogen) atoms. The van der Waals surface area contributed by atoms with Crippen molar-refractivity contribution in [2.24, 2.45) is 0 Å². The van der Waals surface area contributed by atoms with Crippen LogP contribution < -0.4 is 9.64 Å². The van der Waals surface area contributed by atoms with Gasteiger partial charge >= 0.3 is 0 Å². The molecule has 1 aromatic carbocycles. The van der Waals surface area contributed by atoms with Crippen molar-refractivity contribution >= 4 is 28.0 Å². The highest BCUT2D eigenvalue weighted by Gasteiger charge is 2.08. The van der Waals surface area contributed by atoms with Gasteiger partial charge in [0.1, 0.15) is 5.75 Å². The molecular formula is C11H14BrNO2. The maximum absolute atomic E-state index is 10.7. The van der Waals surface area contributed by atoms with Crippen LogP contribution in [0, 0.1) is 0 Å². The van der Waals surface area contributed by atoms with E-state index in [4.69, 9.17) is 4.74 Å². The molecule has 0 saturated heterocycles. The topological polar surface area (TPSA) is 29.5 Å². The van der Waals surface area contributed by atoms with Gasteiger partial charge in [-0.05, 0) is 24.6 Å². The van der Waals surface area contributed by atoms with Gasteiger partial charge in [-0.2, -0.15) is 0 Å². The Morgan fingerprint density at radius 3 is 2.87 bits per heavy atom. The van der Waals surface area contributed by atoms with Crippen LogP contribution in [-0.2, 0) is 4.79 Å². The summed E-state index contributed by atoms with van der Waals surface area (Å²) in [5, 5.41) is 0. The second-order valence-electron chi connectivity index (χ2n) is 3.18. The summed E-state index contributed by atoms with van der Waals surface area (Å²) in [6.45, 7) is 2.70. The number of carbonyl (C=O) groups excluding carboxylic acids is 1. The molecule has 0 N–H and O–H groups in total. The van der Waals surface area contributed by atoms with E-state index in [1.807, 2.05) is 25.1 Å². The van der Waals surface area contributed by atoms with E-state index in [1.165, 1.54) is 4.90 Å². The molecule has 0 bridgehead atoms. The van der Waals surface area contributed by atoms with Crippen LogP contribution >= 0.6 is 15.9 Å². The van der Waals surface area contributed by atoms with E-state index < -0.39 is 0 Å². The van der Waals surface area contributed by atoms with E-state index in [-0.39, 0.29) is 0 Å².